The molecule has 0 saturated heterocycles. The normalized spacial score (nSPS) is 13.8. The maximum Gasteiger partial charge on any atom is 0.416 e. The van der Waals surface area contributed by atoms with E-state index in [2.05, 4.69) is 0 Å². The van der Waals surface area contributed by atoms with E-state index >= 15 is 0 Å². The summed E-state index contributed by atoms with van der Waals surface area (Å²) in [5, 5.41) is 8.58. The summed E-state index contributed by atoms with van der Waals surface area (Å²) in [6.45, 7) is 0. The molecule has 1 unspecified atom stereocenters. The van der Waals surface area contributed by atoms with Gasteiger partial charge in [0.15, 0.2) is 0 Å². The molecule has 3 nitrogen and oxygen atoms in total. The van der Waals surface area contributed by atoms with Crippen LogP contribution >= 0.6 is 11.8 Å². The van der Waals surface area contributed by atoms with Crippen molar-refractivity contribution in [3.63, 3.8) is 0 Å². The van der Waals surface area contributed by atoms with E-state index in [1.54, 1.807) is 0 Å². The molecule has 0 heterocycles. The molecule has 10 heteroatoms. The summed E-state index contributed by atoms with van der Waals surface area (Å²) in [7, 11) is 0. The molecule has 0 saturated carbocycles. The van der Waals surface area contributed by atoms with Gasteiger partial charge in [-0.05, 0) is 42.0 Å². The van der Waals surface area contributed by atoms with Crippen LogP contribution in [0.15, 0.2) is 18.2 Å². The molecule has 3 N–H and O–H groups in total. The Kier molecular flexibility index (Phi) is 6.97. The SMILES string of the molecule is NC(CCSCCc1ccc(C(F)(F)F)cc1C(F)(F)F)C(=O)O. The fraction of sp³-hybridized carbons (Fsp3) is 0.500. The zero-order valence-electron chi connectivity index (χ0n) is 12.2. The molecule has 0 aromatic heterocycles. The summed E-state index contributed by atoms with van der Waals surface area (Å²) < 4.78 is 76.4. The Labute approximate surface area is 138 Å². The lowest BCUT2D eigenvalue weighted by Gasteiger charge is -2.16. The Hall–Kier alpha value is -1.42. The van der Waals surface area contributed by atoms with Crippen LogP contribution in [0.1, 0.15) is 23.1 Å². The van der Waals surface area contributed by atoms with E-state index in [4.69, 9.17) is 10.8 Å². The molecule has 1 rings (SSSR count). The van der Waals surface area contributed by atoms with Crippen LogP contribution in [0, 0.1) is 0 Å². The van der Waals surface area contributed by atoms with E-state index < -0.39 is 35.5 Å². The van der Waals surface area contributed by atoms with Crippen molar-refractivity contribution in [2.45, 2.75) is 31.2 Å². The van der Waals surface area contributed by atoms with Crippen LogP contribution in [0.5, 0.6) is 0 Å². The van der Waals surface area contributed by atoms with Crippen molar-refractivity contribution in [2.24, 2.45) is 5.73 Å². The summed E-state index contributed by atoms with van der Waals surface area (Å²) in [6, 6.07) is 0.514. The molecule has 0 amide bonds. The van der Waals surface area contributed by atoms with Gasteiger partial charge in [-0.15, -0.1) is 0 Å². The van der Waals surface area contributed by atoms with Crippen molar-refractivity contribution >= 4 is 17.7 Å². The predicted octanol–water partition coefficient (Wildman–Crippen LogP) is 3.80. The number of carboxylic acid groups (broad SMARTS) is 1. The van der Waals surface area contributed by atoms with E-state index in [1.165, 1.54) is 11.8 Å². The second-order valence-corrected chi connectivity index (χ2v) is 6.19. The highest BCUT2D eigenvalue weighted by Gasteiger charge is 2.37. The average molecular weight is 375 g/mol. The first-order valence-corrected chi connectivity index (χ1v) is 7.92. The van der Waals surface area contributed by atoms with Crippen LogP contribution in [-0.2, 0) is 23.6 Å². The third kappa shape index (κ3) is 6.23. The topological polar surface area (TPSA) is 63.3 Å². The molecule has 0 aliphatic heterocycles. The minimum absolute atomic E-state index is 0.0834. The number of halogens is 6. The van der Waals surface area contributed by atoms with Gasteiger partial charge in [0.1, 0.15) is 6.04 Å². The lowest BCUT2D eigenvalue weighted by molar-refractivity contribution is -0.143. The van der Waals surface area contributed by atoms with Gasteiger partial charge in [0, 0.05) is 0 Å². The van der Waals surface area contributed by atoms with E-state index in [1.807, 2.05) is 0 Å². The third-order valence-electron chi connectivity index (χ3n) is 3.15. The number of aryl methyl sites for hydroxylation is 1. The number of hydrogen-bond acceptors (Lipinski definition) is 3. The Morgan fingerprint density at radius 2 is 1.75 bits per heavy atom. The van der Waals surface area contributed by atoms with E-state index in [0.717, 1.165) is 6.07 Å². The van der Waals surface area contributed by atoms with Gasteiger partial charge in [0.25, 0.3) is 0 Å². The number of hydrogen-bond donors (Lipinski definition) is 2. The molecule has 136 valence electrons. The highest BCUT2D eigenvalue weighted by Crippen LogP contribution is 2.37. The van der Waals surface area contributed by atoms with Crippen molar-refractivity contribution in [3.8, 4) is 0 Å². The molecule has 0 radical (unpaired) electrons. The first-order chi connectivity index (χ1) is 10.9. The fourth-order valence-electron chi connectivity index (χ4n) is 1.85. The van der Waals surface area contributed by atoms with Crippen molar-refractivity contribution in [1.82, 2.24) is 0 Å². The molecular weight excluding hydrogens is 360 g/mol. The van der Waals surface area contributed by atoms with Gasteiger partial charge >= 0.3 is 18.3 Å². The van der Waals surface area contributed by atoms with Gasteiger partial charge in [0.05, 0.1) is 11.1 Å². The number of thioether (sulfide) groups is 1. The lowest BCUT2D eigenvalue weighted by Crippen LogP contribution is -2.30. The lowest BCUT2D eigenvalue weighted by atomic mass is 10.0. The number of aliphatic carboxylic acids is 1. The maximum absolute atomic E-state index is 12.9. The molecule has 1 aromatic rings. The quantitative estimate of drug-likeness (QED) is 0.562. The molecular formula is C14H15F6NO2S. The number of carbonyl (C=O) groups is 1. The van der Waals surface area contributed by atoms with Gasteiger partial charge in [-0.3, -0.25) is 4.79 Å². The smallest absolute Gasteiger partial charge is 0.416 e. The minimum atomic E-state index is -4.88. The summed E-state index contributed by atoms with van der Waals surface area (Å²) in [5.74, 6) is -0.631. The van der Waals surface area contributed by atoms with Crippen LogP contribution in [0.3, 0.4) is 0 Å². The highest BCUT2D eigenvalue weighted by molar-refractivity contribution is 7.99. The van der Waals surface area contributed by atoms with Crippen LogP contribution in [0.25, 0.3) is 0 Å². The summed E-state index contributed by atoms with van der Waals surface area (Å²) in [5.41, 5.74) is 2.40. The molecule has 0 fully saturated rings. The van der Waals surface area contributed by atoms with Crippen LogP contribution in [-0.4, -0.2) is 28.6 Å². The second kappa shape index (κ2) is 8.11. The van der Waals surface area contributed by atoms with Crippen LogP contribution in [0.4, 0.5) is 26.3 Å². The van der Waals surface area contributed by atoms with Crippen molar-refractivity contribution in [2.75, 3.05) is 11.5 Å². The summed E-state index contributed by atoms with van der Waals surface area (Å²) in [6.07, 6.45) is -9.66. The highest BCUT2D eigenvalue weighted by atomic mass is 32.2. The van der Waals surface area contributed by atoms with Gasteiger partial charge in [-0.1, -0.05) is 6.07 Å². The van der Waals surface area contributed by atoms with E-state index in [0.29, 0.717) is 11.8 Å². The molecule has 24 heavy (non-hydrogen) atoms. The monoisotopic (exact) mass is 375 g/mol. The summed E-state index contributed by atoms with van der Waals surface area (Å²) >= 11 is 1.19. The maximum atomic E-state index is 12.9. The zero-order valence-corrected chi connectivity index (χ0v) is 13.1. The first-order valence-electron chi connectivity index (χ1n) is 6.76. The zero-order chi connectivity index (χ0) is 18.5. The Bertz CT molecular complexity index is 573. The minimum Gasteiger partial charge on any atom is -0.480 e. The molecule has 0 bridgehead atoms. The van der Waals surface area contributed by atoms with Gasteiger partial charge < -0.3 is 10.8 Å². The number of benzene rings is 1. The van der Waals surface area contributed by atoms with Crippen molar-refractivity contribution < 1.29 is 36.2 Å². The standard InChI is InChI=1S/C14H15F6NO2S/c15-13(16,17)9-2-1-8(10(7-9)14(18,19)20)3-5-24-6-4-11(21)12(22)23/h1-2,7,11H,3-6,21H2,(H,22,23). The fourth-order valence-corrected chi connectivity index (χ4v) is 2.84. The molecule has 0 aliphatic rings. The Balaban J connectivity index is 2.72. The van der Waals surface area contributed by atoms with Crippen LogP contribution < -0.4 is 5.73 Å². The molecule has 0 aliphatic carbocycles. The third-order valence-corrected chi connectivity index (χ3v) is 4.17. The second-order valence-electron chi connectivity index (χ2n) is 4.96. The van der Waals surface area contributed by atoms with Gasteiger partial charge in [-0.25, -0.2) is 0 Å². The molecule has 1 aromatic carbocycles. The van der Waals surface area contributed by atoms with Gasteiger partial charge in [0.2, 0.25) is 0 Å². The van der Waals surface area contributed by atoms with Gasteiger partial charge in [-0.2, -0.15) is 38.1 Å². The van der Waals surface area contributed by atoms with E-state index in [9.17, 15) is 31.1 Å². The number of nitrogens with two attached hydrogens (primary N) is 1. The largest absolute Gasteiger partial charge is 0.480 e. The summed E-state index contributed by atoms with van der Waals surface area (Å²) in [4.78, 5) is 10.5. The first kappa shape index (κ1) is 20.6. The molecule has 0 spiro atoms. The van der Waals surface area contributed by atoms with E-state index in [-0.39, 0.29) is 30.2 Å². The van der Waals surface area contributed by atoms with Crippen molar-refractivity contribution in [3.05, 3.63) is 34.9 Å². The average Bonchev–Trinajstić information content (AvgIpc) is 2.44. The van der Waals surface area contributed by atoms with Crippen molar-refractivity contribution in [1.29, 1.82) is 0 Å². The Morgan fingerprint density at radius 3 is 2.25 bits per heavy atom. The number of alkyl halides is 6. The number of rotatable bonds is 7. The predicted molar refractivity (Wildman–Crippen MR) is 77.7 cm³/mol. The van der Waals surface area contributed by atoms with Crippen LogP contribution in [0.2, 0.25) is 0 Å². The number of carboxylic acids is 1. The Morgan fingerprint density at radius 1 is 1.12 bits per heavy atom. The molecule has 1 atom stereocenters.